The Labute approximate surface area is 102 Å². The Bertz CT molecular complexity index is 380. The van der Waals surface area contributed by atoms with Crippen LogP contribution in [0, 0.1) is 0 Å². The molecule has 0 saturated carbocycles. The highest BCUT2D eigenvalue weighted by Crippen LogP contribution is 2.32. The number of rotatable bonds is 3. The smallest absolute Gasteiger partial charge is 0.161 e. The van der Waals surface area contributed by atoms with Gasteiger partial charge in [-0.1, -0.05) is 6.07 Å². The highest BCUT2D eigenvalue weighted by Gasteiger charge is 2.16. The van der Waals surface area contributed by atoms with Crippen molar-refractivity contribution in [2.75, 3.05) is 33.9 Å². The lowest BCUT2D eigenvalue weighted by Crippen LogP contribution is -2.27. The normalized spacial score (nSPS) is 16.7. The molecule has 1 aliphatic rings. The third kappa shape index (κ3) is 2.70. The second-order valence-corrected chi connectivity index (χ2v) is 4.47. The molecule has 4 nitrogen and oxygen atoms in total. The minimum atomic E-state index is 0.215. The Morgan fingerprint density at radius 2 is 1.94 bits per heavy atom. The van der Waals surface area contributed by atoms with Gasteiger partial charge in [0.15, 0.2) is 11.5 Å². The molecule has 0 bridgehead atoms. The fourth-order valence-corrected chi connectivity index (χ4v) is 2.03. The third-order valence-corrected chi connectivity index (χ3v) is 3.00. The molecule has 0 aromatic heterocycles. The fourth-order valence-electron chi connectivity index (χ4n) is 2.03. The van der Waals surface area contributed by atoms with E-state index < -0.39 is 0 Å². The zero-order valence-corrected chi connectivity index (χ0v) is 10.5. The van der Waals surface area contributed by atoms with Crippen LogP contribution in [0.3, 0.4) is 0 Å². The van der Waals surface area contributed by atoms with E-state index in [1.807, 2.05) is 26.2 Å². The van der Waals surface area contributed by atoms with Crippen molar-refractivity contribution in [3.05, 3.63) is 23.8 Å². The van der Waals surface area contributed by atoms with E-state index >= 15 is 0 Å². The van der Waals surface area contributed by atoms with Gasteiger partial charge in [-0.2, -0.15) is 0 Å². The molecular formula is C13H20N2O2. The van der Waals surface area contributed by atoms with E-state index in [1.54, 1.807) is 0 Å². The molecule has 1 aliphatic heterocycles. The van der Waals surface area contributed by atoms with Crippen molar-refractivity contribution in [2.24, 2.45) is 5.73 Å². The largest absolute Gasteiger partial charge is 0.490 e. The van der Waals surface area contributed by atoms with Crippen LogP contribution in [0.2, 0.25) is 0 Å². The summed E-state index contributed by atoms with van der Waals surface area (Å²) in [5, 5.41) is 0. The molecule has 1 atom stereocenters. The monoisotopic (exact) mass is 236 g/mol. The van der Waals surface area contributed by atoms with E-state index in [1.165, 1.54) is 5.56 Å². The maximum Gasteiger partial charge on any atom is 0.161 e. The van der Waals surface area contributed by atoms with Gasteiger partial charge in [-0.15, -0.1) is 0 Å². The average molecular weight is 236 g/mol. The molecule has 0 radical (unpaired) electrons. The first-order valence-corrected chi connectivity index (χ1v) is 5.98. The van der Waals surface area contributed by atoms with Gasteiger partial charge in [-0.25, -0.2) is 0 Å². The van der Waals surface area contributed by atoms with E-state index in [2.05, 4.69) is 11.0 Å². The number of benzene rings is 1. The van der Waals surface area contributed by atoms with Crippen molar-refractivity contribution in [3.8, 4) is 11.5 Å². The first kappa shape index (κ1) is 12.2. The molecule has 2 rings (SSSR count). The van der Waals surface area contributed by atoms with E-state index in [0.717, 1.165) is 24.5 Å². The van der Waals surface area contributed by atoms with Crippen molar-refractivity contribution in [1.82, 2.24) is 4.90 Å². The van der Waals surface area contributed by atoms with Crippen LogP contribution in [0.25, 0.3) is 0 Å². The molecule has 4 heteroatoms. The maximum absolute atomic E-state index is 5.80. The van der Waals surface area contributed by atoms with Gasteiger partial charge >= 0.3 is 0 Å². The zero-order valence-electron chi connectivity index (χ0n) is 10.5. The first-order chi connectivity index (χ1) is 8.22. The number of hydrogen-bond donors (Lipinski definition) is 1. The lowest BCUT2D eigenvalue weighted by Gasteiger charge is -2.23. The van der Waals surface area contributed by atoms with E-state index in [-0.39, 0.29) is 6.04 Å². The number of likely N-dealkylation sites (N-methyl/N-ethyl adjacent to an activating group) is 1. The summed E-state index contributed by atoms with van der Waals surface area (Å²) in [5.41, 5.74) is 6.97. The summed E-state index contributed by atoms with van der Waals surface area (Å²) in [6.45, 7) is 2.03. The third-order valence-electron chi connectivity index (χ3n) is 3.00. The summed E-state index contributed by atoms with van der Waals surface area (Å²) in [5.74, 6) is 1.67. The Kier molecular flexibility index (Phi) is 3.86. The number of nitrogens with zero attached hydrogens (tertiary/aromatic N) is 1. The Hall–Kier alpha value is -1.26. The van der Waals surface area contributed by atoms with Crippen LogP contribution < -0.4 is 15.2 Å². The molecule has 94 valence electrons. The lowest BCUT2D eigenvalue weighted by atomic mass is 10.1. The van der Waals surface area contributed by atoms with Crippen LogP contribution in [0.4, 0.5) is 0 Å². The van der Waals surface area contributed by atoms with Gasteiger partial charge in [0.25, 0.3) is 0 Å². The minimum absolute atomic E-state index is 0.215. The molecule has 1 heterocycles. The Morgan fingerprint density at radius 1 is 1.24 bits per heavy atom. The number of fused-ring (bicyclic) bond motifs is 1. The summed E-state index contributed by atoms with van der Waals surface area (Å²) in [6.07, 6.45) is 0.929. The molecule has 0 amide bonds. The van der Waals surface area contributed by atoms with Gasteiger partial charge in [0.1, 0.15) is 0 Å². The van der Waals surface area contributed by atoms with Gasteiger partial charge in [0.05, 0.1) is 13.2 Å². The van der Waals surface area contributed by atoms with E-state index in [4.69, 9.17) is 15.2 Å². The van der Waals surface area contributed by atoms with Crippen LogP contribution >= 0.6 is 0 Å². The highest BCUT2D eigenvalue weighted by molar-refractivity contribution is 5.44. The molecule has 17 heavy (non-hydrogen) atoms. The molecular weight excluding hydrogens is 216 g/mol. The Balaban J connectivity index is 2.28. The van der Waals surface area contributed by atoms with Crippen LogP contribution in [-0.4, -0.2) is 38.8 Å². The number of hydrogen-bond acceptors (Lipinski definition) is 4. The standard InChI is InChI=1S/C13H20N2O2/c1-15(2)11(9-14)10-4-5-12-13(8-10)17-7-3-6-16-12/h4-5,8,11H,3,6-7,9,14H2,1-2H3. The molecule has 1 aromatic carbocycles. The summed E-state index contributed by atoms with van der Waals surface area (Å²) in [4.78, 5) is 2.11. The van der Waals surface area contributed by atoms with Gasteiger partial charge in [0, 0.05) is 19.0 Å². The predicted molar refractivity (Wildman–Crippen MR) is 67.5 cm³/mol. The van der Waals surface area contributed by atoms with Crippen LogP contribution in [-0.2, 0) is 0 Å². The maximum atomic E-state index is 5.80. The van der Waals surface area contributed by atoms with Crippen molar-refractivity contribution in [1.29, 1.82) is 0 Å². The van der Waals surface area contributed by atoms with Crippen LogP contribution in [0.15, 0.2) is 18.2 Å². The van der Waals surface area contributed by atoms with E-state index in [0.29, 0.717) is 13.2 Å². The molecule has 0 saturated heterocycles. The van der Waals surface area contributed by atoms with Gasteiger partial charge in [-0.3, -0.25) is 0 Å². The van der Waals surface area contributed by atoms with E-state index in [9.17, 15) is 0 Å². The fraction of sp³-hybridized carbons (Fsp3) is 0.538. The lowest BCUT2D eigenvalue weighted by molar-refractivity contribution is 0.295. The Morgan fingerprint density at radius 3 is 2.59 bits per heavy atom. The number of nitrogens with two attached hydrogens (primary N) is 1. The summed E-state index contributed by atoms with van der Waals surface area (Å²) < 4.78 is 11.3. The molecule has 0 aliphatic carbocycles. The summed E-state index contributed by atoms with van der Waals surface area (Å²) >= 11 is 0. The zero-order chi connectivity index (χ0) is 12.3. The molecule has 2 N–H and O–H groups in total. The quantitative estimate of drug-likeness (QED) is 0.862. The number of ether oxygens (including phenoxy) is 2. The summed E-state index contributed by atoms with van der Waals surface area (Å²) in [6, 6.07) is 6.29. The van der Waals surface area contributed by atoms with Gasteiger partial charge < -0.3 is 20.1 Å². The van der Waals surface area contributed by atoms with Crippen molar-refractivity contribution in [3.63, 3.8) is 0 Å². The van der Waals surface area contributed by atoms with Crippen LogP contribution in [0.1, 0.15) is 18.0 Å². The topological polar surface area (TPSA) is 47.7 Å². The second-order valence-electron chi connectivity index (χ2n) is 4.47. The highest BCUT2D eigenvalue weighted by atomic mass is 16.5. The predicted octanol–water partition coefficient (Wildman–Crippen LogP) is 1.41. The summed E-state index contributed by atoms with van der Waals surface area (Å²) in [7, 11) is 4.06. The van der Waals surface area contributed by atoms with Crippen molar-refractivity contribution >= 4 is 0 Å². The average Bonchev–Trinajstić information content (AvgIpc) is 2.54. The molecule has 1 unspecified atom stereocenters. The first-order valence-electron chi connectivity index (χ1n) is 5.98. The SMILES string of the molecule is CN(C)C(CN)c1ccc2c(c1)OCCCO2. The second kappa shape index (κ2) is 5.38. The van der Waals surface area contributed by atoms with Crippen molar-refractivity contribution < 1.29 is 9.47 Å². The molecule has 0 fully saturated rings. The van der Waals surface area contributed by atoms with Gasteiger partial charge in [-0.05, 0) is 31.8 Å². The minimum Gasteiger partial charge on any atom is -0.490 e. The van der Waals surface area contributed by atoms with Crippen LogP contribution in [0.5, 0.6) is 11.5 Å². The molecule has 1 aromatic rings. The van der Waals surface area contributed by atoms with Crippen molar-refractivity contribution in [2.45, 2.75) is 12.5 Å². The molecule has 0 spiro atoms. The van der Waals surface area contributed by atoms with Gasteiger partial charge in [0.2, 0.25) is 0 Å².